The Labute approximate surface area is 176 Å². The third-order valence-electron chi connectivity index (χ3n) is 5.36. The third-order valence-corrected chi connectivity index (χ3v) is 5.36. The summed E-state index contributed by atoms with van der Waals surface area (Å²) in [6.45, 7) is 4.38. The Hall–Kier alpha value is -1.91. The fourth-order valence-electron chi connectivity index (χ4n) is 3.55. The molecule has 1 aromatic carbocycles. The maximum Gasteiger partial charge on any atom is 0.293 e. The summed E-state index contributed by atoms with van der Waals surface area (Å²) in [5.74, 6) is -0.138. The summed E-state index contributed by atoms with van der Waals surface area (Å²) in [6, 6.07) is 5.22. The Morgan fingerprint density at radius 3 is 2.00 bits per heavy atom. The summed E-state index contributed by atoms with van der Waals surface area (Å²) >= 11 is 0. The van der Waals surface area contributed by atoms with Crippen molar-refractivity contribution in [1.29, 1.82) is 0 Å². The van der Waals surface area contributed by atoms with Crippen molar-refractivity contribution in [2.75, 3.05) is 5.32 Å². The molecule has 1 aromatic rings. The molecule has 5 nitrogen and oxygen atoms in total. The van der Waals surface area contributed by atoms with Crippen molar-refractivity contribution in [2.45, 2.75) is 110 Å². The van der Waals surface area contributed by atoms with Gasteiger partial charge < -0.3 is 5.32 Å². The summed E-state index contributed by atoms with van der Waals surface area (Å²) in [7, 11) is 0. The van der Waals surface area contributed by atoms with Gasteiger partial charge in [-0.1, -0.05) is 90.5 Å². The lowest BCUT2D eigenvalue weighted by molar-refractivity contribution is -0.384. The van der Waals surface area contributed by atoms with E-state index in [-0.39, 0.29) is 11.6 Å². The molecule has 0 spiro atoms. The van der Waals surface area contributed by atoms with Crippen LogP contribution in [0.4, 0.5) is 11.4 Å². The number of amides is 1. The van der Waals surface area contributed by atoms with Gasteiger partial charge in [0.15, 0.2) is 0 Å². The van der Waals surface area contributed by atoms with Crippen molar-refractivity contribution in [1.82, 2.24) is 0 Å². The van der Waals surface area contributed by atoms with E-state index in [9.17, 15) is 14.9 Å². The molecule has 0 saturated carbocycles. The van der Waals surface area contributed by atoms with Crippen LogP contribution in [0.25, 0.3) is 0 Å². The number of unbranched alkanes of at least 4 members (excludes halogenated alkanes) is 11. The summed E-state index contributed by atoms with van der Waals surface area (Å²) in [5, 5.41) is 14.2. The highest BCUT2D eigenvalue weighted by Gasteiger charge is 2.16. The fourth-order valence-corrected chi connectivity index (χ4v) is 3.55. The molecule has 0 aliphatic carbocycles. The van der Waals surface area contributed by atoms with E-state index in [4.69, 9.17) is 0 Å². The van der Waals surface area contributed by atoms with Gasteiger partial charge >= 0.3 is 0 Å². The third kappa shape index (κ3) is 11.6. The van der Waals surface area contributed by atoms with Gasteiger partial charge in [0.1, 0.15) is 5.69 Å². The van der Waals surface area contributed by atoms with E-state index in [1.807, 2.05) is 6.07 Å². The normalized spacial score (nSPS) is 10.8. The maximum absolute atomic E-state index is 12.1. The van der Waals surface area contributed by atoms with E-state index < -0.39 is 4.92 Å². The molecule has 0 radical (unpaired) electrons. The van der Waals surface area contributed by atoms with Crippen molar-refractivity contribution < 1.29 is 9.72 Å². The standard InChI is InChI=1S/C24H40N2O3/c1-3-5-7-9-10-11-13-14-16-21-18-19-22(23(20-21)26(28)29)25-24(27)17-15-12-8-6-4-2/h18-20H,3-17H2,1-2H3,(H,25,27). The largest absolute Gasteiger partial charge is 0.320 e. The van der Waals surface area contributed by atoms with E-state index >= 15 is 0 Å². The summed E-state index contributed by atoms with van der Waals surface area (Å²) in [4.78, 5) is 23.2. The second kappa shape index (κ2) is 15.9. The number of benzene rings is 1. The maximum atomic E-state index is 12.1. The molecule has 0 fully saturated rings. The average Bonchev–Trinajstić information content (AvgIpc) is 2.70. The van der Waals surface area contributed by atoms with Crippen LogP contribution >= 0.6 is 0 Å². The number of hydrogen-bond donors (Lipinski definition) is 1. The molecule has 0 aliphatic rings. The lowest BCUT2D eigenvalue weighted by atomic mass is 10.0. The zero-order chi connectivity index (χ0) is 21.3. The average molecular weight is 405 g/mol. The van der Waals surface area contributed by atoms with Crippen LogP contribution in [-0.2, 0) is 11.2 Å². The minimum absolute atomic E-state index is 0.00130. The monoisotopic (exact) mass is 404 g/mol. The number of rotatable bonds is 17. The molecular weight excluding hydrogens is 364 g/mol. The van der Waals surface area contributed by atoms with Crippen LogP contribution in [0.2, 0.25) is 0 Å². The molecule has 0 atom stereocenters. The Bertz CT molecular complexity index is 602. The molecule has 1 N–H and O–H groups in total. The van der Waals surface area contributed by atoms with Gasteiger partial charge in [0.05, 0.1) is 4.92 Å². The Kier molecular flexibility index (Phi) is 13.8. The predicted octanol–water partition coefficient (Wildman–Crippen LogP) is 7.58. The van der Waals surface area contributed by atoms with Crippen molar-refractivity contribution in [3.63, 3.8) is 0 Å². The Balaban J connectivity index is 2.42. The number of carbonyl (C=O) groups excluding carboxylic acids is 1. The van der Waals surface area contributed by atoms with Gasteiger partial charge in [-0.3, -0.25) is 14.9 Å². The number of carbonyl (C=O) groups is 1. The van der Waals surface area contributed by atoms with Gasteiger partial charge in [0, 0.05) is 12.5 Å². The predicted molar refractivity (Wildman–Crippen MR) is 121 cm³/mol. The molecule has 0 bridgehead atoms. The first kappa shape index (κ1) is 25.1. The van der Waals surface area contributed by atoms with Crippen LogP contribution in [0.3, 0.4) is 0 Å². The number of hydrogen-bond acceptors (Lipinski definition) is 3. The van der Waals surface area contributed by atoms with Crippen molar-refractivity contribution in [3.05, 3.63) is 33.9 Å². The number of anilines is 1. The number of nitro benzene ring substituents is 1. The fraction of sp³-hybridized carbons (Fsp3) is 0.708. The SMILES string of the molecule is CCCCCCCCCCc1ccc(NC(=O)CCCCCCC)c([N+](=O)[O-])c1. The van der Waals surface area contributed by atoms with Crippen molar-refractivity contribution in [2.24, 2.45) is 0 Å². The van der Waals surface area contributed by atoms with Gasteiger partial charge in [-0.05, 0) is 30.9 Å². The highest BCUT2D eigenvalue weighted by molar-refractivity contribution is 5.93. The molecule has 0 aromatic heterocycles. The molecule has 0 aliphatic heterocycles. The number of aryl methyl sites for hydroxylation is 1. The Morgan fingerprint density at radius 2 is 1.41 bits per heavy atom. The Morgan fingerprint density at radius 1 is 0.862 bits per heavy atom. The van der Waals surface area contributed by atoms with Crippen LogP contribution in [0.1, 0.15) is 109 Å². The number of nitrogens with one attached hydrogen (secondary N) is 1. The summed E-state index contributed by atoms with van der Waals surface area (Å²) < 4.78 is 0. The lowest BCUT2D eigenvalue weighted by Gasteiger charge is -2.08. The van der Waals surface area contributed by atoms with E-state index in [2.05, 4.69) is 19.2 Å². The minimum atomic E-state index is -0.395. The van der Waals surface area contributed by atoms with Gasteiger partial charge in [0.2, 0.25) is 5.91 Å². The molecular formula is C24H40N2O3. The van der Waals surface area contributed by atoms with E-state index in [0.29, 0.717) is 12.1 Å². The summed E-state index contributed by atoms with van der Waals surface area (Å²) in [6.07, 6.45) is 16.6. The van der Waals surface area contributed by atoms with E-state index in [1.165, 1.54) is 51.4 Å². The second-order valence-electron chi connectivity index (χ2n) is 8.05. The van der Waals surface area contributed by atoms with Crippen LogP contribution in [0.15, 0.2) is 18.2 Å². The van der Waals surface area contributed by atoms with Gasteiger partial charge in [-0.25, -0.2) is 0 Å². The molecule has 0 saturated heterocycles. The van der Waals surface area contributed by atoms with Crippen LogP contribution in [0, 0.1) is 10.1 Å². The molecule has 29 heavy (non-hydrogen) atoms. The molecule has 164 valence electrons. The van der Waals surface area contributed by atoms with Crippen LogP contribution in [0.5, 0.6) is 0 Å². The number of nitro groups is 1. The van der Waals surface area contributed by atoms with Crippen molar-refractivity contribution in [3.8, 4) is 0 Å². The molecule has 1 rings (SSSR count). The quantitative estimate of drug-likeness (QED) is 0.165. The first-order chi connectivity index (χ1) is 14.1. The second-order valence-corrected chi connectivity index (χ2v) is 8.05. The van der Waals surface area contributed by atoms with Gasteiger partial charge in [0.25, 0.3) is 5.69 Å². The molecule has 0 unspecified atom stereocenters. The lowest BCUT2D eigenvalue weighted by Crippen LogP contribution is -2.12. The number of nitrogens with zero attached hydrogens (tertiary/aromatic N) is 1. The van der Waals surface area contributed by atoms with Crippen LogP contribution < -0.4 is 5.32 Å². The van der Waals surface area contributed by atoms with E-state index in [0.717, 1.165) is 44.1 Å². The smallest absolute Gasteiger partial charge is 0.293 e. The topological polar surface area (TPSA) is 72.2 Å². The van der Waals surface area contributed by atoms with Crippen molar-refractivity contribution >= 4 is 17.3 Å². The van der Waals surface area contributed by atoms with Gasteiger partial charge in [-0.15, -0.1) is 0 Å². The van der Waals surface area contributed by atoms with Gasteiger partial charge in [-0.2, -0.15) is 0 Å². The minimum Gasteiger partial charge on any atom is -0.320 e. The van der Waals surface area contributed by atoms with E-state index in [1.54, 1.807) is 12.1 Å². The highest BCUT2D eigenvalue weighted by Crippen LogP contribution is 2.27. The molecule has 1 amide bonds. The molecule has 5 heteroatoms. The van der Waals surface area contributed by atoms with Crippen LogP contribution in [-0.4, -0.2) is 10.8 Å². The zero-order valence-corrected chi connectivity index (χ0v) is 18.5. The summed E-state index contributed by atoms with van der Waals surface area (Å²) in [5.41, 5.74) is 1.29. The first-order valence-electron chi connectivity index (χ1n) is 11.7. The highest BCUT2D eigenvalue weighted by atomic mass is 16.6. The zero-order valence-electron chi connectivity index (χ0n) is 18.5. The molecule has 0 heterocycles. The first-order valence-corrected chi connectivity index (χ1v) is 11.7.